The van der Waals surface area contributed by atoms with Crippen LogP contribution in [0.15, 0.2) is 69.6 Å². The molecule has 160 valence electrons. The van der Waals surface area contributed by atoms with E-state index >= 15 is 0 Å². The molecular weight excluding hydrogens is 450 g/mol. The van der Waals surface area contributed by atoms with Crippen molar-refractivity contribution >= 4 is 40.5 Å². The van der Waals surface area contributed by atoms with E-state index in [1.54, 1.807) is 34.9 Å². The van der Waals surface area contributed by atoms with Crippen molar-refractivity contribution in [2.45, 2.75) is 25.3 Å². The third-order valence-corrected chi connectivity index (χ3v) is 6.85. The van der Waals surface area contributed by atoms with E-state index in [9.17, 15) is 19.7 Å². The second-order valence-corrected chi connectivity index (χ2v) is 9.07. The maximum Gasteiger partial charge on any atom is 0.271 e. The maximum absolute atomic E-state index is 13.4. The number of thiazole rings is 1. The number of allylic oxidation sites excluding steroid dienone is 2. The van der Waals surface area contributed by atoms with Crippen LogP contribution in [0.1, 0.15) is 36.4 Å². The van der Waals surface area contributed by atoms with E-state index in [1.807, 2.05) is 12.1 Å². The van der Waals surface area contributed by atoms with E-state index < -0.39 is 11.0 Å². The largest absolute Gasteiger partial charge is 0.294 e. The summed E-state index contributed by atoms with van der Waals surface area (Å²) < 4.78 is 2.02. The summed E-state index contributed by atoms with van der Waals surface area (Å²) in [6.07, 6.45) is 3.57. The molecule has 1 atom stereocenters. The van der Waals surface area contributed by atoms with Crippen molar-refractivity contribution < 1.29 is 9.72 Å². The fourth-order valence-corrected chi connectivity index (χ4v) is 5.26. The number of carbonyl (C=O) groups is 1. The molecule has 0 radical (unpaired) electrons. The lowest BCUT2D eigenvalue weighted by Crippen LogP contribution is -2.40. The van der Waals surface area contributed by atoms with Crippen LogP contribution in [-0.2, 0) is 4.79 Å². The van der Waals surface area contributed by atoms with E-state index in [0.717, 1.165) is 17.7 Å². The fraction of sp³-hybridized carbons (Fsp3) is 0.174. The smallest absolute Gasteiger partial charge is 0.271 e. The zero-order valence-corrected chi connectivity index (χ0v) is 18.2. The third-order valence-electron chi connectivity index (χ3n) is 5.62. The molecule has 5 rings (SSSR count). The minimum absolute atomic E-state index is 0.0135. The van der Waals surface area contributed by atoms with Crippen molar-refractivity contribution in [2.24, 2.45) is 4.99 Å². The van der Waals surface area contributed by atoms with Gasteiger partial charge >= 0.3 is 0 Å². The van der Waals surface area contributed by atoms with Crippen molar-refractivity contribution in [3.8, 4) is 0 Å². The Morgan fingerprint density at radius 3 is 2.50 bits per heavy atom. The van der Waals surface area contributed by atoms with E-state index in [1.165, 1.54) is 23.5 Å². The average molecular weight is 466 g/mol. The summed E-state index contributed by atoms with van der Waals surface area (Å²) in [5.74, 6) is 0.0135. The monoisotopic (exact) mass is 465 g/mol. The molecule has 1 aromatic heterocycles. The summed E-state index contributed by atoms with van der Waals surface area (Å²) >= 11 is 7.31. The highest BCUT2D eigenvalue weighted by atomic mass is 35.5. The Bertz CT molecular complexity index is 1470. The molecule has 1 aliphatic carbocycles. The number of ketones is 1. The first-order valence-electron chi connectivity index (χ1n) is 10.0. The van der Waals surface area contributed by atoms with Crippen molar-refractivity contribution in [3.63, 3.8) is 0 Å². The molecule has 1 aliphatic heterocycles. The number of nitrogens with zero attached hydrogens (tertiary/aromatic N) is 3. The molecule has 7 nitrogen and oxygen atoms in total. The fourth-order valence-electron chi connectivity index (χ4n) is 4.11. The Hall–Kier alpha value is -3.36. The molecular formula is C23H16ClN3O4S. The second kappa shape index (κ2) is 7.96. The zero-order chi connectivity index (χ0) is 22.4. The number of non-ortho nitro benzene ring substituents is 1. The Morgan fingerprint density at radius 1 is 1.09 bits per heavy atom. The van der Waals surface area contributed by atoms with Gasteiger partial charge in [0.2, 0.25) is 0 Å². The number of carbonyl (C=O) groups excluding carboxylic acids is 1. The van der Waals surface area contributed by atoms with Gasteiger partial charge < -0.3 is 0 Å². The second-order valence-electron chi connectivity index (χ2n) is 7.62. The molecule has 0 saturated carbocycles. The Labute approximate surface area is 190 Å². The van der Waals surface area contributed by atoms with Gasteiger partial charge in [-0.15, -0.1) is 0 Å². The zero-order valence-electron chi connectivity index (χ0n) is 16.7. The molecule has 32 heavy (non-hydrogen) atoms. The standard InChI is InChI=1S/C23H16ClN3O4S/c24-15-8-6-14(7-9-15)21-20-17(2-1-3-18(20)28)25-23-26(21)22(29)19(32-23)12-13-4-10-16(11-5-13)27(30)31/h4-12,21H,1-3H2. The van der Waals surface area contributed by atoms with Crippen molar-refractivity contribution in [1.82, 2.24) is 4.57 Å². The number of fused-ring (bicyclic) bond motifs is 1. The molecule has 0 bridgehead atoms. The Kier molecular flexibility index (Phi) is 5.11. The van der Waals surface area contributed by atoms with E-state index in [-0.39, 0.29) is 17.0 Å². The van der Waals surface area contributed by atoms with E-state index in [0.29, 0.717) is 38.3 Å². The highest BCUT2D eigenvalue weighted by Crippen LogP contribution is 2.36. The summed E-state index contributed by atoms with van der Waals surface area (Å²) in [6.45, 7) is 0. The lowest BCUT2D eigenvalue weighted by atomic mass is 9.86. The van der Waals surface area contributed by atoms with Gasteiger partial charge in [0.1, 0.15) is 0 Å². The van der Waals surface area contributed by atoms with Crippen LogP contribution in [0.2, 0.25) is 5.02 Å². The molecule has 3 aromatic rings. The van der Waals surface area contributed by atoms with Crippen molar-refractivity contribution in [1.29, 1.82) is 0 Å². The molecule has 0 amide bonds. The number of hydrogen-bond acceptors (Lipinski definition) is 6. The first-order valence-corrected chi connectivity index (χ1v) is 11.2. The summed E-state index contributed by atoms with van der Waals surface area (Å²) in [6, 6.07) is 12.6. The van der Waals surface area contributed by atoms with Gasteiger partial charge in [-0.1, -0.05) is 35.1 Å². The molecule has 2 aliphatic rings. The highest BCUT2D eigenvalue weighted by Gasteiger charge is 2.34. The summed E-state index contributed by atoms with van der Waals surface area (Å²) in [7, 11) is 0. The van der Waals surface area contributed by atoms with Crippen LogP contribution in [0.25, 0.3) is 6.08 Å². The molecule has 9 heteroatoms. The topological polar surface area (TPSA) is 94.6 Å². The summed E-state index contributed by atoms with van der Waals surface area (Å²) in [4.78, 5) is 41.9. The van der Waals surface area contributed by atoms with Gasteiger partial charge in [-0.3, -0.25) is 24.3 Å². The number of nitro benzene ring substituents is 1. The van der Waals surface area contributed by atoms with Gasteiger partial charge in [0, 0.05) is 29.1 Å². The summed E-state index contributed by atoms with van der Waals surface area (Å²) in [5.41, 5.74) is 2.52. The quantitative estimate of drug-likeness (QED) is 0.436. The maximum atomic E-state index is 13.4. The van der Waals surface area contributed by atoms with Gasteiger partial charge in [0.25, 0.3) is 11.2 Å². The van der Waals surface area contributed by atoms with Gasteiger partial charge in [0.15, 0.2) is 10.6 Å². The summed E-state index contributed by atoms with van der Waals surface area (Å²) in [5, 5.41) is 11.5. The van der Waals surface area contributed by atoms with E-state index in [4.69, 9.17) is 11.6 Å². The van der Waals surface area contributed by atoms with Gasteiger partial charge in [-0.2, -0.15) is 0 Å². The minimum Gasteiger partial charge on any atom is -0.294 e. The number of rotatable bonds is 3. The van der Waals surface area contributed by atoms with Crippen LogP contribution in [0, 0.1) is 10.1 Å². The molecule has 2 aromatic carbocycles. The first-order chi connectivity index (χ1) is 15.4. The van der Waals surface area contributed by atoms with Gasteiger partial charge in [0.05, 0.1) is 21.2 Å². The highest BCUT2D eigenvalue weighted by molar-refractivity contribution is 7.07. The van der Waals surface area contributed by atoms with E-state index in [2.05, 4.69) is 4.99 Å². The molecule has 1 unspecified atom stereocenters. The first kappa shape index (κ1) is 20.5. The van der Waals surface area contributed by atoms with Crippen LogP contribution >= 0.6 is 22.9 Å². The molecule has 0 N–H and O–H groups in total. The van der Waals surface area contributed by atoms with Crippen LogP contribution in [-0.4, -0.2) is 15.3 Å². The lowest BCUT2D eigenvalue weighted by molar-refractivity contribution is -0.384. The third kappa shape index (κ3) is 3.51. The van der Waals surface area contributed by atoms with Crippen LogP contribution < -0.4 is 14.9 Å². The molecule has 0 spiro atoms. The number of benzene rings is 2. The van der Waals surface area contributed by atoms with Crippen LogP contribution in [0.4, 0.5) is 5.69 Å². The van der Waals surface area contributed by atoms with Crippen LogP contribution in [0.5, 0.6) is 0 Å². The van der Waals surface area contributed by atoms with Gasteiger partial charge in [-0.05, 0) is 54.3 Å². The number of aromatic nitrogens is 1. The Morgan fingerprint density at radius 2 is 1.81 bits per heavy atom. The number of Topliss-reactive ketones (excluding diaryl/α,β-unsaturated/α-hetero) is 1. The molecule has 0 saturated heterocycles. The minimum atomic E-state index is -0.551. The predicted octanol–water partition coefficient (Wildman–Crippen LogP) is 3.53. The number of nitro groups is 1. The predicted molar refractivity (Wildman–Crippen MR) is 121 cm³/mol. The lowest BCUT2D eigenvalue weighted by Gasteiger charge is -2.28. The number of halogens is 1. The van der Waals surface area contributed by atoms with Crippen molar-refractivity contribution in [2.75, 3.05) is 0 Å². The molecule has 2 heterocycles. The normalized spacial score (nSPS) is 18.2. The van der Waals surface area contributed by atoms with Crippen molar-refractivity contribution in [3.05, 3.63) is 106 Å². The van der Waals surface area contributed by atoms with Crippen LogP contribution in [0.3, 0.4) is 0 Å². The Balaban J connectivity index is 1.70. The molecule has 0 fully saturated rings. The number of hydrogen-bond donors (Lipinski definition) is 0. The SMILES string of the molecule is O=C1CCCC2=C1C(c1ccc(Cl)cc1)n1c(sc(=Cc3ccc([N+](=O)[O-])cc3)c1=O)=N2. The average Bonchev–Trinajstić information content (AvgIpc) is 3.08. The van der Waals surface area contributed by atoms with Gasteiger partial charge in [-0.25, -0.2) is 4.99 Å².